The number of hydrogen-bond donors (Lipinski definition) is 1. The monoisotopic (exact) mass is 1080 g/mol. The summed E-state index contributed by atoms with van der Waals surface area (Å²) in [6, 6.07) is 46.1. The molecule has 7 aromatic rings. The maximum atomic E-state index is 13.3. The van der Waals surface area contributed by atoms with Gasteiger partial charge in [-0.2, -0.15) is 4.57 Å². The van der Waals surface area contributed by atoms with Crippen molar-refractivity contribution in [1.82, 2.24) is 0 Å². The van der Waals surface area contributed by atoms with Gasteiger partial charge in [-0.3, -0.25) is 9.59 Å². The molecule has 10 heteroatoms. The number of benzene rings is 6. The van der Waals surface area contributed by atoms with Crippen LogP contribution in [-0.2, 0) is 27.0 Å². The Balaban J connectivity index is 0.000000149. The molecular weight excluding hydrogens is 1020 g/mol. The first kappa shape index (κ1) is 51.5. The Morgan fingerprint density at radius 2 is 1.07 bits per heavy atom. The summed E-state index contributed by atoms with van der Waals surface area (Å²) in [6.45, 7) is 14.0. The van der Waals surface area contributed by atoms with Crippen LogP contribution in [0.1, 0.15) is 57.0 Å². The predicted molar refractivity (Wildman–Crippen MR) is 288 cm³/mol. The van der Waals surface area contributed by atoms with Gasteiger partial charge in [0.2, 0.25) is 17.1 Å². The zero-order valence-corrected chi connectivity index (χ0v) is 45.2. The van der Waals surface area contributed by atoms with Gasteiger partial charge in [-0.15, -0.1) is 12.2 Å². The van der Waals surface area contributed by atoms with Crippen molar-refractivity contribution in [3.05, 3.63) is 197 Å². The van der Waals surface area contributed by atoms with Gasteiger partial charge in [-0.25, -0.2) is 0 Å². The number of anilines is 3. The molecule has 0 radical (unpaired) electrons. The molecule has 3 aliphatic heterocycles. The molecule has 0 spiro atoms. The number of Topliss-reactive ketones (excluding diaryl/α,β-unsaturated/α-hetero) is 2. The van der Waals surface area contributed by atoms with E-state index in [2.05, 4.69) is 176 Å². The molecule has 12 rings (SSSR count). The highest BCUT2D eigenvalue weighted by atomic mass is 127. The number of aryl methyl sites for hydroxylation is 2. The van der Waals surface area contributed by atoms with Crippen molar-refractivity contribution in [3.63, 3.8) is 0 Å². The zero-order valence-electron chi connectivity index (χ0n) is 43.0. The second-order valence-corrected chi connectivity index (χ2v) is 20.9. The number of fused-ring (bicyclic) bond motifs is 8. The summed E-state index contributed by atoms with van der Waals surface area (Å²) < 4.78 is 2.33. The minimum Gasteiger partial charge on any atom is -1.00 e. The average molecular weight is 1080 g/mol. The van der Waals surface area contributed by atoms with Gasteiger partial charge in [0.25, 0.3) is 0 Å². The largest absolute Gasteiger partial charge is 1.00 e. The Kier molecular flexibility index (Phi) is 13.9. The van der Waals surface area contributed by atoms with Crippen molar-refractivity contribution in [3.8, 4) is 0 Å². The molecular formula is C63H63IN4O5-2. The predicted octanol–water partition coefficient (Wildman–Crippen LogP) is 6.24. The summed E-state index contributed by atoms with van der Waals surface area (Å²) >= 11 is 0. The molecule has 5 aliphatic rings. The van der Waals surface area contributed by atoms with Crippen LogP contribution >= 0.6 is 0 Å². The molecule has 1 aromatic heterocycles. The van der Waals surface area contributed by atoms with Gasteiger partial charge >= 0.3 is 0 Å². The number of aliphatic hydroxyl groups is 1. The Hall–Kier alpha value is -6.44. The fourth-order valence-corrected chi connectivity index (χ4v) is 12.1. The molecule has 2 fully saturated rings. The molecule has 2 aliphatic carbocycles. The van der Waals surface area contributed by atoms with Crippen molar-refractivity contribution >= 4 is 67.2 Å². The van der Waals surface area contributed by atoms with Gasteiger partial charge in [-0.05, 0) is 93.4 Å². The fourth-order valence-electron chi connectivity index (χ4n) is 12.1. The number of aromatic nitrogens is 1. The highest BCUT2D eigenvalue weighted by Crippen LogP contribution is 2.52. The van der Waals surface area contributed by atoms with Crippen molar-refractivity contribution < 1.29 is 53.5 Å². The third kappa shape index (κ3) is 8.59. The molecule has 4 unspecified atom stereocenters. The lowest BCUT2D eigenvalue weighted by Crippen LogP contribution is -3.00. The van der Waals surface area contributed by atoms with Crippen molar-refractivity contribution in [2.75, 3.05) is 35.8 Å². The fraction of sp³-hybridized carbons (Fsp3) is 0.286. The summed E-state index contributed by atoms with van der Waals surface area (Å²) in [6.07, 6.45) is 6.61. The SMILES string of the molecule is CC[n+]1c(C)ccc2ccccc21.CN1C(=CC2C(=O)C(=O)C2O)C(C)(C)c2c1ccc1ccccc21.CN1C(=CC2C([O-])C(C=C3N(C)c4ccc5ccccc5c4C3(C)C)C2[O-])C=Cc2ccccc21.[I-]. The molecule has 4 heterocycles. The van der Waals surface area contributed by atoms with Crippen LogP contribution in [0.5, 0.6) is 0 Å². The van der Waals surface area contributed by atoms with Crippen LogP contribution in [0.4, 0.5) is 17.1 Å². The van der Waals surface area contributed by atoms with Gasteiger partial charge in [0.15, 0.2) is 5.69 Å². The first-order valence-electron chi connectivity index (χ1n) is 25.1. The molecule has 1 N–H and O–H groups in total. The molecule has 374 valence electrons. The number of carbonyl (C=O) groups excluding carboxylic acids is 2. The standard InChI is InChI=1S/C31H30N2O2.C20H19NO3.C12H14N.HI/c1-31(2)27(33(4)26-16-14-19-9-5-7-11-22(19)28(26)31)18-24-29(34)23(30(24)35)17-21-15-13-20-10-6-8-12-25(20)32(21)3;1-20(2)15(10-13-17(22)19(24)18(13)23)21(3)14-9-8-11-6-4-5-7-12(11)16(14)20;1-3-13-10(2)8-9-11-6-4-5-7-12(11)13;/h5-18,23-24,29-30H,1-4H3;4-10,13,17,22H,1-3H3;4-9H,3H2,1-2H3;1H/q-2;;+1;/p-1. The van der Waals surface area contributed by atoms with Crippen LogP contribution in [0, 0.1) is 24.7 Å². The highest BCUT2D eigenvalue weighted by Gasteiger charge is 2.49. The normalized spacial score (nSPS) is 24.6. The topological polar surface area (TPSA) is 114 Å². The Bertz CT molecular complexity index is 3450. The average Bonchev–Trinajstić information content (AvgIpc) is 3.72. The van der Waals surface area contributed by atoms with Gasteiger partial charge in [0.1, 0.15) is 12.6 Å². The summed E-state index contributed by atoms with van der Waals surface area (Å²) in [5.41, 5.74) is 11.9. The van der Waals surface area contributed by atoms with Crippen LogP contribution in [0.25, 0.3) is 38.5 Å². The number of ketones is 2. The van der Waals surface area contributed by atoms with Gasteiger partial charge < -0.3 is 54.0 Å². The Morgan fingerprint density at radius 1 is 0.575 bits per heavy atom. The molecule has 2 saturated carbocycles. The highest BCUT2D eigenvalue weighted by molar-refractivity contribution is 6.47. The number of carbonyl (C=O) groups is 2. The quantitative estimate of drug-likeness (QED) is 0.125. The zero-order chi connectivity index (χ0) is 51.0. The number of allylic oxidation sites excluding steroid dienone is 3. The molecule has 0 amide bonds. The molecule has 0 saturated heterocycles. The second kappa shape index (κ2) is 19.8. The number of halogens is 1. The number of aliphatic hydroxyl groups excluding tert-OH is 1. The van der Waals surface area contributed by atoms with E-state index >= 15 is 0 Å². The van der Waals surface area contributed by atoms with E-state index in [0.29, 0.717) is 0 Å². The lowest BCUT2D eigenvalue weighted by Gasteiger charge is -2.60. The number of likely N-dealkylation sites (N-methyl/N-ethyl adjacent to an activating group) is 3. The van der Waals surface area contributed by atoms with E-state index in [0.717, 1.165) is 46.3 Å². The first-order valence-corrected chi connectivity index (χ1v) is 25.1. The third-order valence-electron chi connectivity index (χ3n) is 16.1. The maximum absolute atomic E-state index is 13.3. The van der Waals surface area contributed by atoms with Crippen molar-refractivity contribution in [2.45, 2.75) is 77.2 Å². The first-order chi connectivity index (χ1) is 34.4. The molecule has 0 bridgehead atoms. The van der Waals surface area contributed by atoms with E-state index in [9.17, 15) is 24.9 Å². The number of hydrogen-bond acceptors (Lipinski definition) is 8. The minimum absolute atomic E-state index is 0. The minimum atomic E-state index is -1.20. The van der Waals surface area contributed by atoms with Crippen LogP contribution in [0.2, 0.25) is 0 Å². The van der Waals surface area contributed by atoms with Crippen LogP contribution in [-0.4, -0.2) is 56.1 Å². The van der Waals surface area contributed by atoms with Gasteiger partial charge in [0, 0.05) is 90.6 Å². The van der Waals surface area contributed by atoms with E-state index < -0.39 is 47.6 Å². The second-order valence-electron chi connectivity index (χ2n) is 20.9. The van der Waals surface area contributed by atoms with Crippen LogP contribution in [0.15, 0.2) is 175 Å². The number of nitrogens with zero attached hydrogens (tertiary/aromatic N) is 4. The number of rotatable bonds is 4. The number of pyridine rings is 1. The smallest absolute Gasteiger partial charge is 0.228 e. The van der Waals surface area contributed by atoms with E-state index in [1.54, 1.807) is 6.08 Å². The lowest BCUT2D eigenvalue weighted by molar-refractivity contribution is -0.673. The van der Waals surface area contributed by atoms with Crippen molar-refractivity contribution in [2.24, 2.45) is 17.8 Å². The van der Waals surface area contributed by atoms with E-state index in [1.165, 1.54) is 49.3 Å². The van der Waals surface area contributed by atoms with Crippen molar-refractivity contribution in [1.29, 1.82) is 0 Å². The van der Waals surface area contributed by atoms with Crippen LogP contribution < -0.4 is 53.5 Å². The van der Waals surface area contributed by atoms with Crippen LogP contribution in [0.3, 0.4) is 0 Å². The Labute approximate surface area is 446 Å². The summed E-state index contributed by atoms with van der Waals surface area (Å²) in [7, 11) is 6.00. The van der Waals surface area contributed by atoms with E-state index in [4.69, 9.17) is 0 Å². The van der Waals surface area contributed by atoms with Gasteiger partial charge in [0.05, 0.1) is 5.92 Å². The number of para-hydroxylation sites is 2. The summed E-state index contributed by atoms with van der Waals surface area (Å²) in [4.78, 5) is 29.4. The summed E-state index contributed by atoms with van der Waals surface area (Å²) in [5, 5.41) is 42.6. The van der Waals surface area contributed by atoms with E-state index in [1.807, 2.05) is 63.6 Å². The lowest BCUT2D eigenvalue weighted by atomic mass is 9.67. The molecule has 73 heavy (non-hydrogen) atoms. The summed E-state index contributed by atoms with van der Waals surface area (Å²) in [5.74, 6) is -2.96. The molecule has 9 nitrogen and oxygen atoms in total. The molecule has 4 atom stereocenters. The van der Waals surface area contributed by atoms with Gasteiger partial charge in [-0.1, -0.05) is 143 Å². The maximum Gasteiger partial charge on any atom is 0.228 e. The molecule has 6 aromatic carbocycles. The Morgan fingerprint density at radius 3 is 1.64 bits per heavy atom. The van der Waals surface area contributed by atoms with E-state index in [-0.39, 0.29) is 34.8 Å². The third-order valence-corrected chi connectivity index (χ3v) is 16.1.